The van der Waals surface area contributed by atoms with Gasteiger partial charge < -0.3 is 21.9 Å². The molecule has 0 bridgehead atoms. The fourth-order valence-electron chi connectivity index (χ4n) is 4.13. The average Bonchev–Trinajstić information content (AvgIpc) is 2.87. The van der Waals surface area contributed by atoms with E-state index in [0.29, 0.717) is 17.4 Å². The van der Waals surface area contributed by atoms with E-state index < -0.39 is 25.3 Å². The van der Waals surface area contributed by atoms with Crippen LogP contribution < -0.4 is 0 Å². The number of methoxy groups -OCH3 is 2. The Hall–Kier alpha value is 0.551. The van der Waals surface area contributed by atoms with E-state index in [-0.39, 0.29) is 13.0 Å². The zero-order chi connectivity index (χ0) is 18.5. The molecule has 0 aromatic heterocycles. The van der Waals surface area contributed by atoms with Gasteiger partial charge in [-0.2, -0.15) is 0 Å². The number of ether oxygens (including phenoxy) is 2. The SMILES string of the molecule is COC1=CC2CCC([Si](C)(C)[N-]C(C)(C)C)C2C=C1OC.[CH3-].[Cl][Ti][Cl]. The van der Waals surface area contributed by atoms with Gasteiger partial charge in [0.25, 0.3) is 0 Å². The standard InChI is InChI=1S/C17H30NO2Si.CH3.2ClH.Ti/c1-17(2,3)18-21(6,7)16-9-8-12-10-14(19-4)15(20-5)11-13(12)16;;;;/h10-13,16H,8-9H2,1-7H3;1H3;2*1H;/q2*-1;;;+2/p-2. The van der Waals surface area contributed by atoms with Crippen molar-refractivity contribution < 1.29 is 26.5 Å². The molecule has 0 spiro atoms. The van der Waals surface area contributed by atoms with Crippen LogP contribution in [0.15, 0.2) is 23.7 Å². The van der Waals surface area contributed by atoms with Gasteiger partial charge in [-0.15, -0.1) is 5.54 Å². The van der Waals surface area contributed by atoms with Crippen molar-refractivity contribution in [2.45, 2.75) is 57.8 Å². The van der Waals surface area contributed by atoms with Gasteiger partial charge >= 0.3 is 35.6 Å². The molecule has 0 N–H and O–H groups in total. The van der Waals surface area contributed by atoms with Crippen LogP contribution in [0.1, 0.15) is 33.6 Å². The quantitative estimate of drug-likeness (QED) is 0.360. The van der Waals surface area contributed by atoms with Crippen LogP contribution >= 0.6 is 18.6 Å². The van der Waals surface area contributed by atoms with Crippen molar-refractivity contribution >= 4 is 26.8 Å². The maximum atomic E-state index is 5.52. The van der Waals surface area contributed by atoms with E-state index in [9.17, 15) is 0 Å². The van der Waals surface area contributed by atoms with Crippen molar-refractivity contribution in [2.24, 2.45) is 11.8 Å². The molecule has 3 atom stereocenters. The molecule has 3 unspecified atom stereocenters. The first-order valence-electron chi connectivity index (χ1n) is 8.32. The minimum absolute atomic E-state index is 0. The van der Waals surface area contributed by atoms with Crippen LogP contribution in [0.4, 0.5) is 0 Å². The van der Waals surface area contributed by atoms with Crippen LogP contribution in [0, 0.1) is 19.3 Å². The Bertz CT molecular complexity index is 478. The van der Waals surface area contributed by atoms with E-state index >= 15 is 0 Å². The zero-order valence-corrected chi connectivity index (χ0v) is 20.9. The first-order valence-corrected chi connectivity index (χ1v) is 15.6. The molecule has 1 fully saturated rings. The molecule has 25 heavy (non-hydrogen) atoms. The Balaban J connectivity index is 0.00000134. The summed E-state index contributed by atoms with van der Waals surface area (Å²) < 4.78 is 11.0. The molecule has 3 nitrogen and oxygen atoms in total. The Morgan fingerprint density at radius 3 is 2.00 bits per heavy atom. The van der Waals surface area contributed by atoms with Gasteiger partial charge in [0.15, 0.2) is 11.5 Å². The second-order valence-corrected chi connectivity index (χ2v) is 14.8. The third kappa shape index (κ3) is 7.23. The fraction of sp³-hybridized carbons (Fsp3) is 0.722. The summed E-state index contributed by atoms with van der Waals surface area (Å²) in [5.41, 5.74) is 0.755. The number of fused-ring (bicyclic) bond motifs is 1. The van der Waals surface area contributed by atoms with Crippen molar-refractivity contribution in [2.75, 3.05) is 14.2 Å². The number of hydrogen-bond acceptors (Lipinski definition) is 2. The summed E-state index contributed by atoms with van der Waals surface area (Å²) in [5.74, 6) is 2.94. The van der Waals surface area contributed by atoms with Crippen LogP contribution in [-0.4, -0.2) is 28.0 Å². The third-order valence-electron chi connectivity index (χ3n) is 4.69. The average molecular weight is 442 g/mol. The van der Waals surface area contributed by atoms with Crippen LogP contribution in [0.25, 0.3) is 4.98 Å². The normalized spacial score (nSPS) is 25.4. The number of halogens is 2. The summed E-state index contributed by atoms with van der Waals surface area (Å²) in [7, 11) is 11.6. The van der Waals surface area contributed by atoms with Crippen molar-refractivity contribution in [1.29, 1.82) is 0 Å². The summed E-state index contributed by atoms with van der Waals surface area (Å²) in [6.45, 7) is 11.5. The molecule has 1 saturated carbocycles. The summed E-state index contributed by atoms with van der Waals surface area (Å²) in [5, 5.41) is 0. The van der Waals surface area contributed by atoms with Gasteiger partial charge in [0.05, 0.1) is 14.2 Å². The Morgan fingerprint density at radius 1 is 1.08 bits per heavy atom. The Kier molecular flexibility index (Phi) is 11.0. The number of hydrogen-bond donors (Lipinski definition) is 0. The molecule has 2 aliphatic carbocycles. The van der Waals surface area contributed by atoms with E-state index in [0.717, 1.165) is 11.5 Å². The summed E-state index contributed by atoms with van der Waals surface area (Å²) in [4.78, 5) is 5.22. The molecule has 0 radical (unpaired) electrons. The van der Waals surface area contributed by atoms with Gasteiger partial charge in [0.2, 0.25) is 0 Å². The summed E-state index contributed by atoms with van der Waals surface area (Å²) >= 11 is -0.556. The first kappa shape index (κ1) is 25.6. The van der Waals surface area contributed by atoms with E-state index in [1.54, 1.807) is 14.2 Å². The van der Waals surface area contributed by atoms with E-state index in [2.05, 4.69) is 46.0 Å². The van der Waals surface area contributed by atoms with Crippen LogP contribution in [-0.2, 0) is 26.5 Å². The number of rotatable bonds is 4. The van der Waals surface area contributed by atoms with Crippen LogP contribution in [0.5, 0.6) is 0 Å². The fourth-order valence-corrected chi connectivity index (χ4v) is 8.19. The molecule has 0 aliphatic heterocycles. The second-order valence-electron chi connectivity index (χ2n) is 7.90. The van der Waals surface area contributed by atoms with Crippen molar-refractivity contribution in [1.82, 2.24) is 0 Å². The maximum absolute atomic E-state index is 5.52. The molecule has 0 saturated heterocycles. The zero-order valence-electron chi connectivity index (χ0n) is 16.8. The summed E-state index contributed by atoms with van der Waals surface area (Å²) in [6.07, 6.45) is 7.08. The van der Waals surface area contributed by atoms with Gasteiger partial charge in [0, 0.05) is 0 Å². The molecular weight excluding hydrogens is 409 g/mol. The van der Waals surface area contributed by atoms with E-state index in [1.165, 1.54) is 12.8 Å². The van der Waals surface area contributed by atoms with Crippen LogP contribution in [0.2, 0.25) is 18.6 Å². The predicted molar refractivity (Wildman–Crippen MR) is 109 cm³/mol. The number of nitrogens with zero attached hydrogens (tertiary/aromatic N) is 1. The van der Waals surface area contributed by atoms with Crippen molar-refractivity contribution in [3.8, 4) is 0 Å². The second kappa shape index (κ2) is 10.8. The Labute approximate surface area is 172 Å². The Morgan fingerprint density at radius 2 is 1.56 bits per heavy atom. The van der Waals surface area contributed by atoms with Gasteiger partial charge in [-0.05, 0) is 30.4 Å². The van der Waals surface area contributed by atoms with Crippen LogP contribution in [0.3, 0.4) is 0 Å². The van der Waals surface area contributed by atoms with E-state index in [1.807, 2.05) is 0 Å². The van der Waals surface area contributed by atoms with Gasteiger partial charge in [-0.25, -0.2) is 0 Å². The summed E-state index contributed by atoms with van der Waals surface area (Å²) in [6, 6.07) is 0. The van der Waals surface area contributed by atoms with Gasteiger partial charge in [0.1, 0.15) is 0 Å². The van der Waals surface area contributed by atoms with E-state index in [4.69, 9.17) is 33.1 Å². The predicted octanol–water partition coefficient (Wildman–Crippen LogP) is 6.66. The molecule has 0 aromatic carbocycles. The molecule has 2 rings (SSSR count). The topological polar surface area (TPSA) is 32.6 Å². The van der Waals surface area contributed by atoms with Gasteiger partial charge in [-0.3, -0.25) is 0 Å². The van der Waals surface area contributed by atoms with Crippen molar-refractivity contribution in [3.63, 3.8) is 0 Å². The molecule has 146 valence electrons. The third-order valence-corrected chi connectivity index (χ3v) is 8.43. The minimum atomic E-state index is -1.63. The monoisotopic (exact) mass is 441 g/mol. The van der Waals surface area contributed by atoms with Gasteiger partial charge in [-0.1, -0.05) is 54.1 Å². The molecular formula is C18H33Cl2NO2SiTi-2. The molecule has 0 aromatic rings. The molecule has 7 heteroatoms. The van der Waals surface area contributed by atoms with Crippen molar-refractivity contribution in [3.05, 3.63) is 36.1 Å². The number of allylic oxidation sites excluding steroid dienone is 2. The first-order chi connectivity index (χ1) is 11.1. The molecule has 0 heterocycles. The molecule has 0 amide bonds. The molecule has 2 aliphatic rings.